The molecule has 0 unspecified atom stereocenters. The minimum Gasteiger partial charge on any atom is -0.494 e. The maximum absolute atomic E-state index is 5.82. The number of hydrogen-bond acceptors (Lipinski definition) is 4. The number of nitrogens with one attached hydrogen (secondary N) is 2. The highest BCUT2D eigenvalue weighted by atomic mass is 16.5. The molecule has 1 heterocycles. The molecule has 0 atom stereocenters. The van der Waals surface area contributed by atoms with Gasteiger partial charge in [0.25, 0.3) is 0 Å². The van der Waals surface area contributed by atoms with Gasteiger partial charge in [0, 0.05) is 0 Å². The second kappa shape index (κ2) is 9.06. The number of anilines is 1. The Morgan fingerprint density at radius 1 is 1.03 bits per heavy atom. The average molecular weight is 384 g/mol. The molecule has 0 spiro atoms. The second-order valence-corrected chi connectivity index (χ2v) is 6.98. The van der Waals surface area contributed by atoms with Crippen molar-refractivity contribution in [2.45, 2.75) is 19.8 Å². The number of nitrogens with zero attached hydrogens (tertiary/aromatic N) is 2. The Morgan fingerprint density at radius 2 is 1.86 bits per heavy atom. The molecule has 3 aromatic carbocycles. The van der Waals surface area contributed by atoms with Crippen molar-refractivity contribution < 1.29 is 4.74 Å². The molecule has 0 amide bonds. The summed E-state index contributed by atoms with van der Waals surface area (Å²) in [4.78, 5) is 7.68. The lowest BCUT2D eigenvalue weighted by molar-refractivity contribution is 0.311. The third kappa shape index (κ3) is 5.23. The quantitative estimate of drug-likeness (QED) is 0.245. The van der Waals surface area contributed by atoms with Crippen LogP contribution in [0.3, 0.4) is 0 Å². The van der Waals surface area contributed by atoms with Crippen LogP contribution in [0.2, 0.25) is 0 Å². The summed E-state index contributed by atoms with van der Waals surface area (Å²) in [6.45, 7) is 2.76. The largest absolute Gasteiger partial charge is 0.494 e. The second-order valence-electron chi connectivity index (χ2n) is 6.98. The Kier molecular flexibility index (Phi) is 5.86. The van der Waals surface area contributed by atoms with Gasteiger partial charge in [0.15, 0.2) is 0 Å². The molecule has 0 aliphatic heterocycles. The monoisotopic (exact) mass is 384 g/mol. The summed E-state index contributed by atoms with van der Waals surface area (Å²) in [7, 11) is 0. The molecular weight excluding hydrogens is 360 g/mol. The predicted octanol–water partition coefficient (Wildman–Crippen LogP) is 5.33. The van der Waals surface area contributed by atoms with Crippen LogP contribution >= 0.6 is 0 Å². The van der Waals surface area contributed by atoms with Crippen LogP contribution in [0.5, 0.6) is 5.75 Å². The van der Waals surface area contributed by atoms with Crippen molar-refractivity contribution in [1.29, 1.82) is 0 Å². The molecule has 5 heteroatoms. The average Bonchev–Trinajstić information content (AvgIpc) is 3.15. The Hall–Kier alpha value is -3.60. The summed E-state index contributed by atoms with van der Waals surface area (Å²) in [5.74, 6) is 1.50. The first-order valence-electron chi connectivity index (χ1n) is 9.78. The number of fused-ring (bicyclic) bond motifs is 1. The first kappa shape index (κ1) is 18.7. The number of rotatable bonds is 8. The summed E-state index contributed by atoms with van der Waals surface area (Å²) < 4.78 is 5.82. The molecule has 146 valence electrons. The lowest BCUT2D eigenvalue weighted by Crippen LogP contribution is -1.99. The number of aromatic nitrogens is 2. The number of imidazole rings is 1. The van der Waals surface area contributed by atoms with Gasteiger partial charge in [-0.1, -0.05) is 36.4 Å². The third-order valence-corrected chi connectivity index (χ3v) is 4.62. The number of ether oxygens (including phenoxy) is 1. The Morgan fingerprint density at radius 3 is 2.69 bits per heavy atom. The molecule has 1 aromatic heterocycles. The topological polar surface area (TPSA) is 62.3 Å². The smallest absolute Gasteiger partial charge is 0.222 e. The molecule has 4 aromatic rings. The molecule has 0 radical (unpaired) electrons. The summed E-state index contributed by atoms with van der Waals surface area (Å²) in [6, 6.07) is 24.5. The highest BCUT2D eigenvalue weighted by Gasteiger charge is 2.01. The fourth-order valence-electron chi connectivity index (χ4n) is 3.11. The normalized spacial score (nSPS) is 11.2. The molecule has 2 N–H and O–H groups in total. The molecular formula is C24H24N4O. The van der Waals surface area contributed by atoms with E-state index in [1.165, 1.54) is 11.1 Å². The Bertz CT molecular complexity index is 1090. The summed E-state index contributed by atoms with van der Waals surface area (Å²) in [5, 5.41) is 4.26. The first-order chi connectivity index (χ1) is 14.3. The molecule has 29 heavy (non-hydrogen) atoms. The van der Waals surface area contributed by atoms with Gasteiger partial charge in [0.2, 0.25) is 5.95 Å². The van der Waals surface area contributed by atoms with E-state index >= 15 is 0 Å². The lowest BCUT2D eigenvalue weighted by Gasteiger charge is -2.06. The maximum Gasteiger partial charge on any atom is 0.222 e. The highest BCUT2D eigenvalue weighted by Crippen LogP contribution is 2.16. The fraction of sp³-hybridized carbons (Fsp3) is 0.167. The van der Waals surface area contributed by atoms with Crippen LogP contribution in [0, 0.1) is 6.92 Å². The minimum absolute atomic E-state index is 0.625. The van der Waals surface area contributed by atoms with E-state index in [9.17, 15) is 0 Å². The molecule has 0 saturated carbocycles. The number of hydrogen-bond donors (Lipinski definition) is 2. The van der Waals surface area contributed by atoms with Crippen LogP contribution in [0.15, 0.2) is 77.9 Å². The number of H-pyrrole nitrogens is 1. The standard InChI is InChI=1S/C24H24N4O/c1-18-9-14-22-23(16-18)27-24(26-22)28-25-17-20-10-12-21(13-11-20)29-15-5-8-19-6-3-2-4-7-19/h2-4,6-7,9-14,16-17H,5,8,15H2,1H3,(H2,26,27,28)/b25-17-. The summed E-state index contributed by atoms with van der Waals surface area (Å²) in [6.07, 6.45) is 3.78. The van der Waals surface area contributed by atoms with Gasteiger partial charge < -0.3 is 9.72 Å². The van der Waals surface area contributed by atoms with E-state index in [1.54, 1.807) is 6.21 Å². The van der Waals surface area contributed by atoms with Gasteiger partial charge in [-0.25, -0.2) is 10.4 Å². The summed E-state index contributed by atoms with van der Waals surface area (Å²) in [5.41, 5.74) is 8.38. The van der Waals surface area contributed by atoms with E-state index in [2.05, 4.69) is 57.8 Å². The van der Waals surface area contributed by atoms with Gasteiger partial charge in [-0.2, -0.15) is 5.10 Å². The van der Waals surface area contributed by atoms with Crippen LogP contribution in [0.1, 0.15) is 23.1 Å². The first-order valence-corrected chi connectivity index (χ1v) is 9.78. The number of aromatic amines is 1. The van der Waals surface area contributed by atoms with E-state index in [4.69, 9.17) is 4.74 Å². The van der Waals surface area contributed by atoms with Crippen molar-refractivity contribution in [2.75, 3.05) is 12.0 Å². The zero-order chi connectivity index (χ0) is 19.9. The SMILES string of the molecule is Cc1ccc2nc(N/N=C\c3ccc(OCCCc4ccccc4)cc3)[nH]c2c1. The van der Waals surface area contributed by atoms with Crippen LogP contribution in [0.4, 0.5) is 5.95 Å². The molecule has 0 fully saturated rings. The van der Waals surface area contributed by atoms with Gasteiger partial charge in [-0.15, -0.1) is 0 Å². The fourth-order valence-corrected chi connectivity index (χ4v) is 3.11. The van der Waals surface area contributed by atoms with Crippen LogP contribution < -0.4 is 10.2 Å². The van der Waals surface area contributed by atoms with E-state index in [-0.39, 0.29) is 0 Å². The van der Waals surface area contributed by atoms with Crippen LogP contribution in [-0.4, -0.2) is 22.8 Å². The maximum atomic E-state index is 5.82. The molecule has 0 bridgehead atoms. The Labute approximate surface area is 170 Å². The van der Waals surface area contributed by atoms with E-state index in [1.807, 2.05) is 42.5 Å². The van der Waals surface area contributed by atoms with Crippen LogP contribution in [0.25, 0.3) is 11.0 Å². The van der Waals surface area contributed by atoms with Crippen molar-refractivity contribution in [3.05, 3.63) is 89.5 Å². The Balaban J connectivity index is 1.25. The molecule has 0 aliphatic carbocycles. The van der Waals surface area contributed by atoms with Gasteiger partial charge in [-0.05, 0) is 72.9 Å². The molecule has 4 rings (SSSR count). The van der Waals surface area contributed by atoms with Crippen molar-refractivity contribution in [1.82, 2.24) is 9.97 Å². The lowest BCUT2D eigenvalue weighted by atomic mass is 10.1. The third-order valence-electron chi connectivity index (χ3n) is 4.62. The van der Waals surface area contributed by atoms with Crippen molar-refractivity contribution in [3.63, 3.8) is 0 Å². The van der Waals surface area contributed by atoms with E-state index < -0.39 is 0 Å². The number of hydrazone groups is 1. The van der Waals surface area contributed by atoms with Crippen molar-refractivity contribution >= 4 is 23.2 Å². The van der Waals surface area contributed by atoms with Gasteiger partial charge in [0.1, 0.15) is 5.75 Å². The predicted molar refractivity (Wildman–Crippen MR) is 119 cm³/mol. The molecule has 0 aliphatic rings. The van der Waals surface area contributed by atoms with E-state index in [0.717, 1.165) is 35.2 Å². The van der Waals surface area contributed by atoms with Crippen LogP contribution in [-0.2, 0) is 6.42 Å². The number of aryl methyl sites for hydroxylation is 2. The minimum atomic E-state index is 0.625. The zero-order valence-electron chi connectivity index (χ0n) is 16.4. The molecule has 0 saturated heterocycles. The van der Waals surface area contributed by atoms with Gasteiger partial charge in [-0.3, -0.25) is 0 Å². The summed E-state index contributed by atoms with van der Waals surface area (Å²) >= 11 is 0. The number of benzene rings is 3. The van der Waals surface area contributed by atoms with Gasteiger partial charge in [0.05, 0.1) is 23.9 Å². The molecule has 5 nitrogen and oxygen atoms in total. The highest BCUT2D eigenvalue weighted by molar-refractivity contribution is 5.81. The van der Waals surface area contributed by atoms with Gasteiger partial charge >= 0.3 is 0 Å². The van der Waals surface area contributed by atoms with E-state index in [0.29, 0.717) is 12.6 Å². The van der Waals surface area contributed by atoms with Crippen molar-refractivity contribution in [2.24, 2.45) is 5.10 Å². The zero-order valence-corrected chi connectivity index (χ0v) is 16.4. The van der Waals surface area contributed by atoms with Crippen molar-refractivity contribution in [3.8, 4) is 5.75 Å².